The molecule has 1 saturated heterocycles. The van der Waals surface area contributed by atoms with Crippen molar-refractivity contribution in [2.45, 2.75) is 19.1 Å². The van der Waals surface area contributed by atoms with Crippen molar-refractivity contribution in [3.63, 3.8) is 0 Å². The number of carbonyl (C=O) groups excluding carboxylic acids is 1. The second-order valence-corrected chi connectivity index (χ2v) is 6.49. The van der Waals surface area contributed by atoms with E-state index in [1.165, 1.54) is 4.88 Å². The number of nitrogens with zero attached hydrogens (tertiary/aromatic N) is 1. The first kappa shape index (κ1) is 17.8. The van der Waals surface area contributed by atoms with E-state index in [1.54, 1.807) is 11.3 Å². The van der Waals surface area contributed by atoms with Crippen LogP contribution in [0.3, 0.4) is 0 Å². The van der Waals surface area contributed by atoms with Gasteiger partial charge in [0.05, 0.1) is 0 Å². The maximum Gasteiger partial charge on any atom is 0.254 e. The molecule has 1 atom stereocenters. The summed E-state index contributed by atoms with van der Waals surface area (Å²) in [5, 5.41) is 5.32. The number of rotatable bonds is 5. The Hall–Kier alpha value is -1.56. The lowest BCUT2D eigenvalue weighted by atomic mass is 10.1. The minimum Gasteiger partial charge on any atom is -0.488 e. The predicted octanol–water partition coefficient (Wildman–Crippen LogP) is 3.18. The van der Waals surface area contributed by atoms with E-state index < -0.39 is 0 Å². The van der Waals surface area contributed by atoms with E-state index in [2.05, 4.69) is 5.32 Å². The first-order valence-corrected chi connectivity index (χ1v) is 8.35. The summed E-state index contributed by atoms with van der Waals surface area (Å²) in [6, 6.07) is 11.8. The Bertz CT molecular complexity index is 627. The van der Waals surface area contributed by atoms with Gasteiger partial charge in [-0.25, -0.2) is 0 Å². The third kappa shape index (κ3) is 4.47. The van der Waals surface area contributed by atoms with Crippen LogP contribution in [0.15, 0.2) is 41.8 Å². The summed E-state index contributed by atoms with van der Waals surface area (Å²) in [6.45, 7) is 2.39. The third-order valence-corrected chi connectivity index (χ3v) is 4.79. The van der Waals surface area contributed by atoms with Gasteiger partial charge in [0.25, 0.3) is 5.91 Å². The van der Waals surface area contributed by atoms with Crippen molar-refractivity contribution in [1.82, 2.24) is 10.2 Å². The quantitative estimate of drug-likeness (QED) is 0.898. The first-order valence-electron chi connectivity index (χ1n) is 7.47. The molecular formula is C17H21ClN2O2S. The van der Waals surface area contributed by atoms with Crippen LogP contribution in [-0.2, 0) is 6.61 Å². The predicted molar refractivity (Wildman–Crippen MR) is 95.7 cm³/mol. The summed E-state index contributed by atoms with van der Waals surface area (Å²) < 4.78 is 5.77. The highest BCUT2D eigenvalue weighted by Gasteiger charge is 2.24. The molecule has 0 spiro atoms. The molecule has 124 valence electrons. The van der Waals surface area contributed by atoms with Gasteiger partial charge in [-0.05, 0) is 42.6 Å². The fraction of sp³-hybridized carbons (Fsp3) is 0.353. The van der Waals surface area contributed by atoms with E-state index in [9.17, 15) is 4.79 Å². The number of hydrogen-bond donors (Lipinski definition) is 1. The van der Waals surface area contributed by atoms with E-state index in [0.29, 0.717) is 12.2 Å². The lowest BCUT2D eigenvalue weighted by Crippen LogP contribution is -2.38. The molecule has 0 bridgehead atoms. The van der Waals surface area contributed by atoms with Gasteiger partial charge < -0.3 is 15.0 Å². The van der Waals surface area contributed by atoms with Crippen LogP contribution in [-0.4, -0.2) is 37.0 Å². The van der Waals surface area contributed by atoms with E-state index in [0.717, 1.165) is 25.3 Å². The average Bonchev–Trinajstić information content (AvgIpc) is 3.25. The molecule has 1 aliphatic heterocycles. The number of ether oxygens (including phenoxy) is 1. The molecule has 1 aromatic heterocycles. The molecule has 4 nitrogen and oxygen atoms in total. The lowest BCUT2D eigenvalue weighted by molar-refractivity contribution is 0.0743. The Morgan fingerprint density at radius 3 is 2.96 bits per heavy atom. The molecule has 2 aromatic rings. The van der Waals surface area contributed by atoms with E-state index in [-0.39, 0.29) is 24.4 Å². The standard InChI is InChI=1S/C17H20N2O2S.ClH/c1-19(14-7-8-18-11-14)17(20)13-4-2-5-15(10-13)21-12-16-6-3-9-22-16;/h2-6,9-10,14,18H,7-8,11-12H2,1H3;1H. The van der Waals surface area contributed by atoms with E-state index >= 15 is 0 Å². The number of carbonyl (C=O) groups is 1. The molecule has 0 radical (unpaired) electrons. The second-order valence-electron chi connectivity index (χ2n) is 5.46. The zero-order chi connectivity index (χ0) is 15.4. The summed E-state index contributed by atoms with van der Waals surface area (Å²) in [5.74, 6) is 0.785. The second kappa shape index (κ2) is 8.34. The van der Waals surface area contributed by atoms with Crippen molar-refractivity contribution < 1.29 is 9.53 Å². The third-order valence-electron chi connectivity index (χ3n) is 3.94. The van der Waals surface area contributed by atoms with Gasteiger partial charge in [0.1, 0.15) is 12.4 Å². The number of likely N-dealkylation sites (N-methyl/N-ethyl adjacent to an activating group) is 1. The van der Waals surface area contributed by atoms with Gasteiger partial charge in [-0.2, -0.15) is 0 Å². The summed E-state index contributed by atoms with van der Waals surface area (Å²) in [7, 11) is 1.87. The Balaban J connectivity index is 0.00000192. The zero-order valence-corrected chi connectivity index (χ0v) is 14.7. The Morgan fingerprint density at radius 2 is 2.26 bits per heavy atom. The fourth-order valence-electron chi connectivity index (χ4n) is 2.61. The number of hydrogen-bond acceptors (Lipinski definition) is 4. The molecule has 1 amide bonds. The summed E-state index contributed by atoms with van der Waals surface area (Å²) in [5.41, 5.74) is 0.679. The molecule has 0 saturated carbocycles. The molecule has 1 aliphatic rings. The maximum absolute atomic E-state index is 12.6. The highest BCUT2D eigenvalue weighted by molar-refractivity contribution is 7.09. The van der Waals surface area contributed by atoms with Crippen molar-refractivity contribution in [1.29, 1.82) is 0 Å². The van der Waals surface area contributed by atoms with Crippen LogP contribution in [0, 0.1) is 0 Å². The van der Waals surface area contributed by atoms with Crippen molar-refractivity contribution in [2.75, 3.05) is 20.1 Å². The highest BCUT2D eigenvalue weighted by Crippen LogP contribution is 2.19. The molecule has 1 N–H and O–H groups in total. The van der Waals surface area contributed by atoms with E-state index in [1.807, 2.05) is 53.7 Å². The molecule has 1 aromatic carbocycles. The van der Waals surface area contributed by atoms with Crippen LogP contribution in [0.5, 0.6) is 5.75 Å². The van der Waals surface area contributed by atoms with Crippen molar-refractivity contribution in [3.05, 3.63) is 52.2 Å². The molecule has 1 unspecified atom stereocenters. The number of thiophene rings is 1. The topological polar surface area (TPSA) is 41.6 Å². The van der Waals surface area contributed by atoms with Crippen molar-refractivity contribution >= 4 is 29.7 Å². The largest absolute Gasteiger partial charge is 0.488 e. The highest BCUT2D eigenvalue weighted by atomic mass is 35.5. The van der Waals surface area contributed by atoms with E-state index in [4.69, 9.17) is 4.74 Å². The lowest BCUT2D eigenvalue weighted by Gasteiger charge is -2.24. The van der Waals surface area contributed by atoms with Gasteiger partial charge in [-0.1, -0.05) is 12.1 Å². The first-order chi connectivity index (χ1) is 10.7. The Morgan fingerprint density at radius 1 is 1.39 bits per heavy atom. The molecule has 1 fully saturated rings. The number of halogens is 1. The van der Waals surface area contributed by atoms with Gasteiger partial charge in [0.2, 0.25) is 0 Å². The van der Waals surface area contributed by atoms with Crippen LogP contribution in [0.1, 0.15) is 21.7 Å². The Kier molecular flexibility index (Phi) is 6.45. The maximum atomic E-state index is 12.6. The minimum absolute atomic E-state index is 0. The zero-order valence-electron chi connectivity index (χ0n) is 13.0. The molecular weight excluding hydrogens is 332 g/mol. The van der Waals surface area contributed by atoms with Crippen LogP contribution < -0.4 is 10.1 Å². The minimum atomic E-state index is 0. The van der Waals surface area contributed by atoms with Crippen LogP contribution >= 0.6 is 23.7 Å². The van der Waals surface area contributed by atoms with Gasteiger partial charge >= 0.3 is 0 Å². The monoisotopic (exact) mass is 352 g/mol. The van der Waals surface area contributed by atoms with Crippen molar-refractivity contribution in [3.8, 4) is 5.75 Å². The number of nitrogens with one attached hydrogen (secondary N) is 1. The van der Waals surface area contributed by atoms with Gasteiger partial charge in [-0.15, -0.1) is 23.7 Å². The molecule has 6 heteroatoms. The fourth-order valence-corrected chi connectivity index (χ4v) is 3.22. The smallest absolute Gasteiger partial charge is 0.254 e. The summed E-state index contributed by atoms with van der Waals surface area (Å²) >= 11 is 1.67. The number of amides is 1. The van der Waals surface area contributed by atoms with Gasteiger partial charge in [0.15, 0.2) is 0 Å². The molecule has 3 rings (SSSR count). The molecule has 0 aliphatic carbocycles. The van der Waals surface area contributed by atoms with Crippen molar-refractivity contribution in [2.24, 2.45) is 0 Å². The molecule has 23 heavy (non-hydrogen) atoms. The van der Waals surface area contributed by atoms with Crippen LogP contribution in [0.2, 0.25) is 0 Å². The van der Waals surface area contributed by atoms with Gasteiger partial charge in [-0.3, -0.25) is 4.79 Å². The normalized spacial score (nSPS) is 16.7. The summed E-state index contributed by atoms with van der Waals surface area (Å²) in [4.78, 5) is 15.6. The van der Waals surface area contributed by atoms with Gasteiger partial charge in [0, 0.05) is 30.1 Å². The number of benzene rings is 1. The summed E-state index contributed by atoms with van der Waals surface area (Å²) in [6.07, 6.45) is 1.01. The SMILES string of the molecule is CN(C(=O)c1cccc(OCc2cccs2)c1)C1CCNC1.Cl. The van der Waals surface area contributed by atoms with Crippen LogP contribution in [0.25, 0.3) is 0 Å². The molecule has 2 heterocycles. The van der Waals surface area contributed by atoms with Crippen LogP contribution in [0.4, 0.5) is 0 Å². The Labute approximate surface area is 146 Å². The average molecular weight is 353 g/mol.